The van der Waals surface area contributed by atoms with Gasteiger partial charge in [0.15, 0.2) is 6.10 Å². The topological polar surface area (TPSA) is 117 Å². The van der Waals surface area contributed by atoms with Crippen LogP contribution < -0.4 is 0 Å². The van der Waals surface area contributed by atoms with Gasteiger partial charge in [-0.3, -0.25) is 14.4 Å². The van der Waals surface area contributed by atoms with Gasteiger partial charge in [-0.1, -0.05) is 60.7 Å². The number of rotatable bonds is 10. The molecule has 10 nitrogen and oxygen atoms in total. The predicted octanol–water partition coefficient (Wildman–Crippen LogP) is 2.38. The van der Waals surface area contributed by atoms with E-state index < -0.39 is 48.0 Å². The number of esters is 1. The number of aliphatic hydroxyl groups is 1. The van der Waals surface area contributed by atoms with Crippen LogP contribution in [0.15, 0.2) is 66.9 Å². The second kappa shape index (κ2) is 13.2. The number of hydrazine groups is 1. The van der Waals surface area contributed by atoms with Crippen LogP contribution in [0.1, 0.15) is 38.8 Å². The smallest absolute Gasteiger partial charge is 0.337 e. The van der Waals surface area contributed by atoms with Crippen LogP contribution in [0.4, 0.5) is 0 Å². The van der Waals surface area contributed by atoms with E-state index in [4.69, 9.17) is 9.47 Å². The Morgan fingerprint density at radius 3 is 2.10 bits per heavy atom. The summed E-state index contributed by atoms with van der Waals surface area (Å²) in [6, 6.07) is 15.5. The van der Waals surface area contributed by atoms with Crippen molar-refractivity contribution < 1.29 is 33.8 Å². The minimum Gasteiger partial charge on any atom is -0.461 e. The summed E-state index contributed by atoms with van der Waals surface area (Å²) in [5.41, 5.74) is 1.48. The molecule has 2 aromatic rings. The largest absolute Gasteiger partial charge is 0.461 e. The van der Waals surface area contributed by atoms with Crippen molar-refractivity contribution in [2.75, 3.05) is 13.7 Å². The van der Waals surface area contributed by atoms with Crippen molar-refractivity contribution in [3.63, 3.8) is 0 Å². The van der Waals surface area contributed by atoms with Crippen LogP contribution in [0.25, 0.3) is 5.70 Å². The van der Waals surface area contributed by atoms with E-state index in [1.165, 1.54) is 32.1 Å². The van der Waals surface area contributed by atoms with Gasteiger partial charge in [-0.25, -0.2) is 14.8 Å². The number of methoxy groups -OCH3 is 1. The summed E-state index contributed by atoms with van der Waals surface area (Å²) in [4.78, 5) is 54.2. The zero-order chi connectivity index (χ0) is 28.7. The Hall–Kier alpha value is -4.02. The third-order valence-electron chi connectivity index (χ3n) is 6.17. The molecule has 0 saturated carbocycles. The highest BCUT2D eigenvalue weighted by Crippen LogP contribution is 2.32. The van der Waals surface area contributed by atoms with Crippen molar-refractivity contribution in [3.8, 4) is 0 Å². The Kier molecular flexibility index (Phi) is 9.97. The van der Waals surface area contributed by atoms with Gasteiger partial charge in [0.2, 0.25) is 11.8 Å². The van der Waals surface area contributed by atoms with Gasteiger partial charge in [0, 0.05) is 32.7 Å². The molecule has 2 unspecified atom stereocenters. The number of nitrogens with zero attached hydrogens (tertiary/aromatic N) is 3. The lowest BCUT2D eigenvalue weighted by Gasteiger charge is -2.46. The van der Waals surface area contributed by atoms with Crippen LogP contribution in [-0.2, 0) is 35.1 Å². The molecule has 3 rings (SSSR count). The van der Waals surface area contributed by atoms with Gasteiger partial charge < -0.3 is 19.5 Å². The first kappa shape index (κ1) is 29.5. The molecular formula is C29H35N3O7. The highest BCUT2D eigenvalue weighted by Gasteiger charge is 2.46. The number of benzene rings is 2. The Morgan fingerprint density at radius 2 is 1.59 bits per heavy atom. The Labute approximate surface area is 228 Å². The first-order valence-corrected chi connectivity index (χ1v) is 12.7. The number of carbonyl (C=O) groups is 4. The fraction of sp³-hybridized carbons (Fsp3) is 0.379. The first-order chi connectivity index (χ1) is 18.6. The third-order valence-corrected chi connectivity index (χ3v) is 6.17. The maximum absolute atomic E-state index is 14.1. The van der Waals surface area contributed by atoms with Gasteiger partial charge >= 0.3 is 5.97 Å². The van der Waals surface area contributed by atoms with Gasteiger partial charge in [0.05, 0.1) is 24.4 Å². The van der Waals surface area contributed by atoms with Gasteiger partial charge in [0.25, 0.3) is 5.91 Å². The van der Waals surface area contributed by atoms with Gasteiger partial charge in [-0.15, -0.1) is 0 Å². The summed E-state index contributed by atoms with van der Waals surface area (Å²) in [5.74, 6) is -2.55. The fourth-order valence-corrected chi connectivity index (χ4v) is 4.47. The second-order valence-electron chi connectivity index (χ2n) is 9.48. The predicted molar refractivity (Wildman–Crippen MR) is 143 cm³/mol. The summed E-state index contributed by atoms with van der Waals surface area (Å²) >= 11 is 0. The SMILES string of the molecule is COCC1C(=O)N(N(C(C)=O)[C@@H](Cc2ccccc2)C(O)C(=O)OC(C)C)C(c2ccccc2)=CN1C(C)=O. The van der Waals surface area contributed by atoms with Crippen LogP contribution in [0.2, 0.25) is 0 Å². The zero-order valence-electron chi connectivity index (χ0n) is 22.8. The summed E-state index contributed by atoms with van der Waals surface area (Å²) in [7, 11) is 1.40. The molecule has 0 saturated heterocycles. The maximum atomic E-state index is 14.1. The van der Waals surface area contributed by atoms with Crippen LogP contribution in [0.5, 0.6) is 0 Å². The van der Waals surface area contributed by atoms with E-state index in [0.29, 0.717) is 5.56 Å². The lowest BCUT2D eigenvalue weighted by molar-refractivity contribution is -0.178. The molecule has 0 aliphatic carbocycles. The van der Waals surface area contributed by atoms with Gasteiger partial charge in [0.1, 0.15) is 6.04 Å². The van der Waals surface area contributed by atoms with Crippen molar-refractivity contribution >= 4 is 29.4 Å². The Morgan fingerprint density at radius 1 is 1.00 bits per heavy atom. The number of ether oxygens (including phenoxy) is 2. The van der Waals surface area contributed by atoms with Gasteiger partial charge in [-0.2, -0.15) is 0 Å². The number of carbonyl (C=O) groups excluding carboxylic acids is 4. The minimum atomic E-state index is -1.78. The number of hydrogen-bond acceptors (Lipinski definition) is 7. The molecule has 0 bridgehead atoms. The molecule has 1 aliphatic rings. The highest BCUT2D eigenvalue weighted by atomic mass is 16.6. The Bertz CT molecular complexity index is 1200. The first-order valence-electron chi connectivity index (χ1n) is 12.7. The van der Waals surface area contributed by atoms with Crippen LogP contribution in [0, 0.1) is 0 Å². The number of aliphatic hydroxyl groups excluding tert-OH is 1. The molecule has 1 N–H and O–H groups in total. The van der Waals surface area contributed by atoms with Crippen molar-refractivity contribution in [1.82, 2.24) is 14.9 Å². The van der Waals surface area contributed by atoms with E-state index in [-0.39, 0.29) is 18.7 Å². The highest BCUT2D eigenvalue weighted by molar-refractivity contribution is 5.98. The summed E-state index contributed by atoms with van der Waals surface area (Å²) < 4.78 is 10.5. The average Bonchev–Trinajstić information content (AvgIpc) is 2.90. The quantitative estimate of drug-likeness (QED) is 0.463. The average molecular weight is 538 g/mol. The minimum absolute atomic E-state index is 0.0337. The van der Waals surface area contributed by atoms with Crippen molar-refractivity contribution in [3.05, 3.63) is 78.0 Å². The lowest BCUT2D eigenvalue weighted by atomic mass is 9.99. The van der Waals surface area contributed by atoms with E-state index in [1.54, 1.807) is 68.4 Å². The second-order valence-corrected chi connectivity index (χ2v) is 9.48. The van der Waals surface area contributed by atoms with E-state index in [2.05, 4.69) is 0 Å². The molecule has 0 fully saturated rings. The standard InChI is InChI=1S/C29H35N3O7/c1-19(2)39-29(37)27(35)24(16-22-12-8-6-9-13-22)31(21(4)34)32-25(23-14-10-7-11-15-23)17-30(20(3)33)26(18-38-5)28(32)36/h6-15,17,19,24,26-27,35H,16,18H2,1-5H3/t24-,26?,27?/m0/s1. The Balaban J connectivity index is 2.23. The molecule has 3 atom stereocenters. The molecule has 2 aromatic carbocycles. The van der Waals surface area contributed by atoms with Crippen LogP contribution >= 0.6 is 0 Å². The van der Waals surface area contributed by atoms with Crippen molar-refractivity contribution in [2.45, 2.75) is 58.4 Å². The molecule has 39 heavy (non-hydrogen) atoms. The molecule has 1 heterocycles. The third kappa shape index (κ3) is 6.90. The summed E-state index contributed by atoms with van der Waals surface area (Å²) in [6.07, 6.45) is -0.779. The lowest BCUT2D eigenvalue weighted by Crippen LogP contribution is -2.64. The maximum Gasteiger partial charge on any atom is 0.337 e. The van der Waals surface area contributed by atoms with E-state index in [0.717, 1.165) is 15.6 Å². The number of hydrogen-bond donors (Lipinski definition) is 1. The molecule has 3 amide bonds. The molecule has 1 aliphatic heterocycles. The molecule has 0 radical (unpaired) electrons. The molecule has 208 valence electrons. The van der Waals surface area contributed by atoms with E-state index in [9.17, 15) is 24.3 Å². The van der Waals surface area contributed by atoms with Gasteiger partial charge in [-0.05, 0) is 25.8 Å². The van der Waals surface area contributed by atoms with Crippen LogP contribution in [-0.4, -0.2) is 81.7 Å². The fourth-order valence-electron chi connectivity index (χ4n) is 4.47. The molecular weight excluding hydrogens is 502 g/mol. The summed E-state index contributed by atoms with van der Waals surface area (Å²) in [5, 5.41) is 13.5. The molecule has 10 heteroatoms. The van der Waals surface area contributed by atoms with E-state index >= 15 is 0 Å². The summed E-state index contributed by atoms with van der Waals surface area (Å²) in [6.45, 7) is 5.74. The monoisotopic (exact) mass is 537 g/mol. The zero-order valence-corrected chi connectivity index (χ0v) is 22.8. The van der Waals surface area contributed by atoms with Crippen molar-refractivity contribution in [2.24, 2.45) is 0 Å². The molecule has 0 spiro atoms. The van der Waals surface area contributed by atoms with E-state index in [1.807, 2.05) is 6.07 Å². The van der Waals surface area contributed by atoms with Crippen LogP contribution in [0.3, 0.4) is 0 Å². The normalized spacial score (nSPS) is 16.9. The van der Waals surface area contributed by atoms with Crippen molar-refractivity contribution in [1.29, 1.82) is 0 Å². The number of amides is 3. The molecule has 0 aromatic heterocycles.